The Bertz CT molecular complexity index is 918. The molecule has 0 radical (unpaired) electrons. The Morgan fingerprint density at radius 1 is 1.00 bits per heavy atom. The first-order valence-corrected chi connectivity index (χ1v) is 8.98. The van der Waals surface area contributed by atoms with Gasteiger partial charge in [-0.2, -0.15) is 0 Å². The Morgan fingerprint density at radius 3 is 2.30 bits per heavy atom. The lowest BCUT2D eigenvalue weighted by molar-refractivity contribution is -0.134. The van der Waals surface area contributed by atoms with Gasteiger partial charge in [0.05, 0.1) is 5.56 Å². The molecule has 27 heavy (non-hydrogen) atoms. The molecular weight excluding hydrogens is 344 g/mol. The first-order chi connectivity index (χ1) is 12.9. The van der Waals surface area contributed by atoms with Crippen LogP contribution in [0.2, 0.25) is 0 Å². The van der Waals surface area contributed by atoms with E-state index < -0.39 is 11.6 Å². The minimum absolute atomic E-state index is 0.0343. The monoisotopic (exact) mass is 364 g/mol. The molecule has 2 aromatic rings. The SMILES string of the molecule is CC1(C(=O)Nc2ccc(NC(=O)C3CC3)cc2)Cc2ccccc2C(=O)O1. The normalized spacial score (nSPS) is 21.0. The van der Waals surface area contributed by atoms with Gasteiger partial charge in [0.1, 0.15) is 0 Å². The molecule has 2 N–H and O–H groups in total. The Morgan fingerprint density at radius 2 is 1.63 bits per heavy atom. The molecule has 2 amide bonds. The number of ether oxygens (including phenoxy) is 1. The van der Waals surface area contributed by atoms with E-state index in [1.165, 1.54) is 0 Å². The zero-order valence-corrected chi connectivity index (χ0v) is 15.0. The average molecular weight is 364 g/mol. The number of amides is 2. The van der Waals surface area contributed by atoms with Crippen LogP contribution in [0.5, 0.6) is 0 Å². The summed E-state index contributed by atoms with van der Waals surface area (Å²) in [6, 6.07) is 14.0. The number of benzene rings is 2. The third-order valence-corrected chi connectivity index (χ3v) is 4.92. The van der Waals surface area contributed by atoms with E-state index in [0.29, 0.717) is 23.4 Å². The molecule has 6 heteroatoms. The maximum absolute atomic E-state index is 12.7. The van der Waals surface area contributed by atoms with Crippen LogP contribution in [0.15, 0.2) is 48.5 Å². The van der Waals surface area contributed by atoms with Crippen LogP contribution in [0.25, 0.3) is 0 Å². The number of esters is 1. The van der Waals surface area contributed by atoms with Crippen LogP contribution >= 0.6 is 0 Å². The molecule has 0 spiro atoms. The van der Waals surface area contributed by atoms with E-state index >= 15 is 0 Å². The average Bonchev–Trinajstić information content (AvgIpc) is 3.48. The molecule has 6 nitrogen and oxygen atoms in total. The molecule has 2 aliphatic rings. The first kappa shape index (κ1) is 17.3. The van der Waals surface area contributed by atoms with Gasteiger partial charge in [-0.3, -0.25) is 9.59 Å². The van der Waals surface area contributed by atoms with Crippen molar-refractivity contribution in [1.29, 1.82) is 0 Å². The van der Waals surface area contributed by atoms with E-state index in [4.69, 9.17) is 4.74 Å². The van der Waals surface area contributed by atoms with Crippen LogP contribution in [-0.2, 0) is 20.7 Å². The van der Waals surface area contributed by atoms with Crippen molar-refractivity contribution in [2.24, 2.45) is 5.92 Å². The lowest BCUT2D eigenvalue weighted by Gasteiger charge is -2.33. The van der Waals surface area contributed by atoms with Gasteiger partial charge in [0, 0.05) is 23.7 Å². The molecule has 1 aliphatic heterocycles. The summed E-state index contributed by atoms with van der Waals surface area (Å²) in [7, 11) is 0. The number of hydrogen-bond acceptors (Lipinski definition) is 4. The molecule has 138 valence electrons. The fraction of sp³-hybridized carbons (Fsp3) is 0.286. The van der Waals surface area contributed by atoms with Crippen molar-refractivity contribution in [3.05, 3.63) is 59.7 Å². The van der Waals surface area contributed by atoms with Crippen molar-refractivity contribution in [2.45, 2.75) is 31.8 Å². The van der Waals surface area contributed by atoms with Gasteiger partial charge in [-0.15, -0.1) is 0 Å². The fourth-order valence-corrected chi connectivity index (χ4v) is 3.15. The summed E-state index contributed by atoms with van der Waals surface area (Å²) in [6.45, 7) is 1.61. The summed E-state index contributed by atoms with van der Waals surface area (Å²) >= 11 is 0. The second kappa shape index (κ2) is 6.54. The Kier molecular flexibility index (Phi) is 4.18. The van der Waals surface area contributed by atoms with Crippen LogP contribution in [0, 0.1) is 5.92 Å². The summed E-state index contributed by atoms with van der Waals surface area (Å²) < 4.78 is 5.44. The van der Waals surface area contributed by atoms with Crippen molar-refractivity contribution < 1.29 is 19.1 Å². The number of fused-ring (bicyclic) bond motifs is 1. The third-order valence-electron chi connectivity index (χ3n) is 4.92. The lowest BCUT2D eigenvalue weighted by Crippen LogP contribution is -2.48. The number of nitrogens with one attached hydrogen (secondary N) is 2. The summed E-state index contributed by atoms with van der Waals surface area (Å²) in [6.07, 6.45) is 2.21. The molecule has 0 aromatic heterocycles. The molecular formula is C21H20N2O4. The number of cyclic esters (lactones) is 1. The van der Waals surface area contributed by atoms with Crippen LogP contribution in [0.1, 0.15) is 35.7 Å². The number of rotatable bonds is 4. The molecule has 1 saturated carbocycles. The summed E-state index contributed by atoms with van der Waals surface area (Å²) in [5.41, 5.74) is 1.28. The van der Waals surface area contributed by atoms with Gasteiger partial charge in [0.15, 0.2) is 5.60 Å². The van der Waals surface area contributed by atoms with Gasteiger partial charge in [-0.25, -0.2) is 4.79 Å². The van der Waals surface area contributed by atoms with Crippen LogP contribution in [0.3, 0.4) is 0 Å². The van der Waals surface area contributed by atoms with E-state index in [-0.39, 0.29) is 17.7 Å². The summed E-state index contributed by atoms with van der Waals surface area (Å²) in [4.78, 5) is 36.8. The predicted octanol–water partition coefficient (Wildman–Crippen LogP) is 3.15. The van der Waals surface area contributed by atoms with Gasteiger partial charge < -0.3 is 15.4 Å². The van der Waals surface area contributed by atoms with Crippen molar-refractivity contribution in [3.8, 4) is 0 Å². The smallest absolute Gasteiger partial charge is 0.339 e. The largest absolute Gasteiger partial charge is 0.445 e. The number of hydrogen-bond donors (Lipinski definition) is 2. The number of anilines is 2. The topological polar surface area (TPSA) is 84.5 Å². The highest BCUT2D eigenvalue weighted by atomic mass is 16.6. The Hall–Kier alpha value is -3.15. The van der Waals surface area contributed by atoms with E-state index in [1.54, 1.807) is 43.3 Å². The van der Waals surface area contributed by atoms with Gasteiger partial charge >= 0.3 is 5.97 Å². The van der Waals surface area contributed by atoms with E-state index in [2.05, 4.69) is 10.6 Å². The molecule has 1 unspecified atom stereocenters. The molecule has 2 aromatic carbocycles. The predicted molar refractivity (Wildman–Crippen MR) is 100 cm³/mol. The van der Waals surface area contributed by atoms with E-state index in [0.717, 1.165) is 18.4 Å². The highest BCUT2D eigenvalue weighted by Crippen LogP contribution is 2.31. The Balaban J connectivity index is 1.44. The van der Waals surface area contributed by atoms with Crippen molar-refractivity contribution >= 4 is 29.2 Å². The van der Waals surface area contributed by atoms with Crippen LogP contribution in [0.4, 0.5) is 11.4 Å². The Labute approximate surface area is 156 Å². The standard InChI is InChI=1S/C21H20N2O4/c1-21(12-14-4-2-3-5-17(14)19(25)27-21)20(26)23-16-10-8-15(9-11-16)22-18(24)13-6-7-13/h2-5,8-11,13H,6-7,12H2,1H3,(H,22,24)(H,23,26). The number of carbonyl (C=O) groups excluding carboxylic acids is 3. The summed E-state index contributed by atoms with van der Waals surface area (Å²) in [5, 5.41) is 5.64. The maximum Gasteiger partial charge on any atom is 0.339 e. The van der Waals surface area contributed by atoms with Gasteiger partial charge in [-0.1, -0.05) is 18.2 Å². The summed E-state index contributed by atoms with van der Waals surface area (Å²) in [5.74, 6) is -0.715. The highest BCUT2D eigenvalue weighted by Gasteiger charge is 2.42. The molecule has 1 heterocycles. The molecule has 1 fully saturated rings. The quantitative estimate of drug-likeness (QED) is 0.816. The first-order valence-electron chi connectivity index (χ1n) is 8.98. The van der Waals surface area contributed by atoms with Gasteiger partial charge in [0.25, 0.3) is 5.91 Å². The minimum Gasteiger partial charge on any atom is -0.445 e. The van der Waals surface area contributed by atoms with E-state index in [9.17, 15) is 14.4 Å². The zero-order valence-electron chi connectivity index (χ0n) is 15.0. The maximum atomic E-state index is 12.7. The van der Waals surface area contributed by atoms with Crippen LogP contribution < -0.4 is 10.6 Å². The number of carbonyl (C=O) groups is 3. The third kappa shape index (κ3) is 3.56. The second-order valence-electron chi connectivity index (χ2n) is 7.25. The van der Waals surface area contributed by atoms with E-state index in [1.807, 2.05) is 12.1 Å². The molecule has 1 atom stereocenters. The highest BCUT2D eigenvalue weighted by molar-refractivity contribution is 6.02. The van der Waals surface area contributed by atoms with Crippen molar-refractivity contribution in [1.82, 2.24) is 0 Å². The molecule has 1 aliphatic carbocycles. The van der Waals surface area contributed by atoms with Gasteiger partial charge in [0.2, 0.25) is 5.91 Å². The second-order valence-corrected chi connectivity index (χ2v) is 7.25. The van der Waals surface area contributed by atoms with Gasteiger partial charge in [-0.05, 0) is 55.7 Å². The van der Waals surface area contributed by atoms with Crippen LogP contribution in [-0.4, -0.2) is 23.4 Å². The lowest BCUT2D eigenvalue weighted by atomic mass is 9.89. The minimum atomic E-state index is -1.27. The fourth-order valence-electron chi connectivity index (χ4n) is 3.15. The zero-order chi connectivity index (χ0) is 19.0. The van der Waals surface area contributed by atoms with Crippen molar-refractivity contribution in [3.63, 3.8) is 0 Å². The molecule has 4 rings (SSSR count). The molecule has 0 bridgehead atoms. The molecule has 0 saturated heterocycles. The van der Waals surface area contributed by atoms with Crippen molar-refractivity contribution in [2.75, 3.05) is 10.6 Å².